The van der Waals surface area contributed by atoms with Crippen molar-refractivity contribution >= 4 is 0 Å². The Kier molecular flexibility index (Phi) is 5.41. The maximum Gasteiger partial charge on any atom is -0.00456 e. The lowest BCUT2D eigenvalue weighted by Gasteiger charge is -2.18. The summed E-state index contributed by atoms with van der Waals surface area (Å²) >= 11 is 0. The van der Waals surface area contributed by atoms with Gasteiger partial charge in [0, 0.05) is 0 Å². The molecule has 0 saturated heterocycles. The average molecular weight is 205 g/mol. The fourth-order valence-electron chi connectivity index (χ4n) is 1.95. The lowest BCUT2D eigenvalue weighted by molar-refractivity contribution is 0.386. The number of benzene rings is 1. The molecule has 1 aromatic carbocycles. The molecule has 1 nitrogen and oxygen atoms in total. The largest absolute Gasteiger partial charge is 0.330 e. The average Bonchev–Trinajstić information content (AvgIpc) is 2.29. The highest BCUT2D eigenvalue weighted by atomic mass is 14.5. The van der Waals surface area contributed by atoms with E-state index in [-0.39, 0.29) is 0 Å². The first kappa shape index (κ1) is 12.3. The predicted molar refractivity (Wildman–Crippen MR) is 66.8 cm³/mol. The predicted octanol–water partition coefficient (Wildman–Crippen LogP) is 3.24. The molecule has 0 amide bonds. The molecule has 2 atom stereocenters. The highest BCUT2D eigenvalue weighted by Crippen LogP contribution is 2.18. The summed E-state index contributed by atoms with van der Waals surface area (Å²) in [6, 6.07) is 10.7. The van der Waals surface area contributed by atoms with Gasteiger partial charge in [0.15, 0.2) is 0 Å². The third kappa shape index (κ3) is 4.48. The fourth-order valence-corrected chi connectivity index (χ4v) is 1.95. The summed E-state index contributed by atoms with van der Waals surface area (Å²) in [5.74, 6) is 1.43. The zero-order valence-corrected chi connectivity index (χ0v) is 9.95. The highest BCUT2D eigenvalue weighted by molar-refractivity contribution is 5.15. The van der Waals surface area contributed by atoms with Gasteiger partial charge in [-0.3, -0.25) is 0 Å². The van der Waals surface area contributed by atoms with Crippen molar-refractivity contribution in [1.82, 2.24) is 0 Å². The molecule has 1 heteroatoms. The first-order chi connectivity index (χ1) is 7.26. The van der Waals surface area contributed by atoms with Crippen molar-refractivity contribution < 1.29 is 0 Å². The molecule has 0 spiro atoms. The van der Waals surface area contributed by atoms with Gasteiger partial charge in [-0.25, -0.2) is 0 Å². The molecule has 1 aromatic rings. The lowest BCUT2D eigenvalue weighted by Crippen LogP contribution is -2.19. The molecule has 0 saturated carbocycles. The van der Waals surface area contributed by atoms with Crippen LogP contribution in [0, 0.1) is 11.8 Å². The van der Waals surface area contributed by atoms with E-state index in [0.717, 1.165) is 18.9 Å². The summed E-state index contributed by atoms with van der Waals surface area (Å²) < 4.78 is 0. The SMILES string of the molecule is CCC(C)CC(CN)Cc1ccccc1. The van der Waals surface area contributed by atoms with Gasteiger partial charge in [-0.15, -0.1) is 0 Å². The highest BCUT2D eigenvalue weighted by Gasteiger charge is 2.11. The monoisotopic (exact) mass is 205 g/mol. The summed E-state index contributed by atoms with van der Waals surface area (Å²) in [5.41, 5.74) is 7.24. The van der Waals surface area contributed by atoms with Crippen LogP contribution in [-0.2, 0) is 6.42 Å². The topological polar surface area (TPSA) is 26.0 Å². The molecule has 0 aliphatic heterocycles. The van der Waals surface area contributed by atoms with Crippen LogP contribution in [0.1, 0.15) is 32.3 Å². The van der Waals surface area contributed by atoms with Gasteiger partial charge < -0.3 is 5.73 Å². The van der Waals surface area contributed by atoms with Gasteiger partial charge >= 0.3 is 0 Å². The first-order valence-electron chi connectivity index (χ1n) is 6.00. The Bertz CT molecular complexity index is 255. The Hall–Kier alpha value is -0.820. The van der Waals surface area contributed by atoms with Crippen LogP contribution in [0.2, 0.25) is 0 Å². The van der Waals surface area contributed by atoms with Gasteiger partial charge in [-0.1, -0.05) is 50.6 Å². The van der Waals surface area contributed by atoms with E-state index >= 15 is 0 Å². The van der Waals surface area contributed by atoms with Crippen molar-refractivity contribution in [3.63, 3.8) is 0 Å². The third-order valence-corrected chi connectivity index (χ3v) is 3.13. The van der Waals surface area contributed by atoms with Crippen molar-refractivity contribution in [2.75, 3.05) is 6.54 Å². The molecule has 1 rings (SSSR count). The summed E-state index contributed by atoms with van der Waals surface area (Å²) in [5, 5.41) is 0. The van der Waals surface area contributed by atoms with Gasteiger partial charge in [0.2, 0.25) is 0 Å². The Morgan fingerprint density at radius 3 is 2.40 bits per heavy atom. The molecular weight excluding hydrogens is 182 g/mol. The Labute approximate surface area is 93.7 Å². The van der Waals surface area contributed by atoms with E-state index in [9.17, 15) is 0 Å². The minimum atomic E-state index is 0.641. The maximum absolute atomic E-state index is 5.82. The van der Waals surface area contributed by atoms with Gasteiger partial charge in [0.05, 0.1) is 0 Å². The van der Waals surface area contributed by atoms with Crippen LogP contribution < -0.4 is 5.73 Å². The standard InChI is InChI=1S/C14H23N/c1-3-12(2)9-14(11-15)10-13-7-5-4-6-8-13/h4-8,12,14H,3,9-11,15H2,1-2H3. The Balaban J connectivity index is 2.47. The van der Waals surface area contributed by atoms with Gasteiger partial charge in [0.25, 0.3) is 0 Å². The molecule has 0 fully saturated rings. The zero-order chi connectivity index (χ0) is 11.1. The number of nitrogens with two attached hydrogens (primary N) is 1. The van der Waals surface area contributed by atoms with Crippen LogP contribution in [0.5, 0.6) is 0 Å². The van der Waals surface area contributed by atoms with Crippen molar-refractivity contribution in [2.45, 2.75) is 33.1 Å². The van der Waals surface area contributed by atoms with Crippen molar-refractivity contribution in [3.05, 3.63) is 35.9 Å². The van der Waals surface area contributed by atoms with Crippen LogP contribution in [-0.4, -0.2) is 6.54 Å². The molecule has 0 aromatic heterocycles. The maximum atomic E-state index is 5.82. The second kappa shape index (κ2) is 6.62. The summed E-state index contributed by atoms with van der Waals surface area (Å²) in [6.07, 6.45) is 3.63. The number of hydrogen-bond acceptors (Lipinski definition) is 1. The number of rotatable bonds is 6. The van der Waals surface area contributed by atoms with Crippen molar-refractivity contribution in [1.29, 1.82) is 0 Å². The number of hydrogen-bond donors (Lipinski definition) is 1. The third-order valence-electron chi connectivity index (χ3n) is 3.13. The lowest BCUT2D eigenvalue weighted by atomic mass is 9.89. The smallest absolute Gasteiger partial charge is 0.00456 e. The Morgan fingerprint density at radius 1 is 1.20 bits per heavy atom. The normalized spacial score (nSPS) is 14.9. The summed E-state index contributed by atoms with van der Waals surface area (Å²) in [6.45, 7) is 5.37. The fraction of sp³-hybridized carbons (Fsp3) is 0.571. The van der Waals surface area contributed by atoms with E-state index in [2.05, 4.69) is 44.2 Å². The minimum absolute atomic E-state index is 0.641. The molecular formula is C14H23N. The molecule has 84 valence electrons. The van der Waals surface area contributed by atoms with E-state index < -0.39 is 0 Å². The van der Waals surface area contributed by atoms with Gasteiger partial charge in [-0.05, 0) is 36.8 Å². The molecule has 0 aliphatic rings. The van der Waals surface area contributed by atoms with Gasteiger partial charge in [-0.2, -0.15) is 0 Å². The van der Waals surface area contributed by atoms with Gasteiger partial charge in [0.1, 0.15) is 0 Å². The molecule has 2 N–H and O–H groups in total. The molecule has 0 heterocycles. The summed E-state index contributed by atoms with van der Waals surface area (Å²) in [4.78, 5) is 0. The molecule has 0 radical (unpaired) electrons. The van der Waals surface area contributed by atoms with E-state index in [1.165, 1.54) is 18.4 Å². The summed E-state index contributed by atoms with van der Waals surface area (Å²) in [7, 11) is 0. The van der Waals surface area contributed by atoms with E-state index in [0.29, 0.717) is 5.92 Å². The van der Waals surface area contributed by atoms with Crippen molar-refractivity contribution in [2.24, 2.45) is 17.6 Å². The van der Waals surface area contributed by atoms with Crippen molar-refractivity contribution in [3.8, 4) is 0 Å². The van der Waals surface area contributed by atoms with E-state index in [1.807, 2.05) is 0 Å². The molecule has 0 aliphatic carbocycles. The molecule has 0 bridgehead atoms. The minimum Gasteiger partial charge on any atom is -0.330 e. The quantitative estimate of drug-likeness (QED) is 0.758. The van der Waals surface area contributed by atoms with E-state index in [1.54, 1.807) is 0 Å². The van der Waals surface area contributed by atoms with Crippen LogP contribution in [0.3, 0.4) is 0 Å². The second-order valence-corrected chi connectivity index (χ2v) is 4.54. The van der Waals surface area contributed by atoms with Crippen LogP contribution >= 0.6 is 0 Å². The zero-order valence-electron chi connectivity index (χ0n) is 9.95. The van der Waals surface area contributed by atoms with Crippen LogP contribution in [0.25, 0.3) is 0 Å². The van der Waals surface area contributed by atoms with Crippen LogP contribution in [0.4, 0.5) is 0 Å². The molecule has 2 unspecified atom stereocenters. The Morgan fingerprint density at radius 2 is 1.87 bits per heavy atom. The molecule has 15 heavy (non-hydrogen) atoms. The van der Waals surface area contributed by atoms with Crippen LogP contribution in [0.15, 0.2) is 30.3 Å². The van der Waals surface area contributed by atoms with E-state index in [4.69, 9.17) is 5.73 Å². The second-order valence-electron chi connectivity index (χ2n) is 4.54. The first-order valence-corrected chi connectivity index (χ1v) is 6.00.